The van der Waals surface area contributed by atoms with E-state index < -0.39 is 5.97 Å². The molecular formula is C24H38O4. The fourth-order valence-electron chi connectivity index (χ4n) is 4.34. The van der Waals surface area contributed by atoms with Crippen LogP contribution in [0, 0.1) is 32.6 Å². The zero-order valence-electron chi connectivity index (χ0n) is 18.5. The molecule has 0 saturated carbocycles. The van der Waals surface area contributed by atoms with E-state index in [1.165, 1.54) is 5.56 Å². The van der Waals surface area contributed by atoms with Gasteiger partial charge in [-0.25, -0.2) is 0 Å². The average Bonchev–Trinajstić information content (AvgIpc) is 2.64. The molecule has 2 N–H and O–H groups in total. The number of aliphatic carboxylic acids is 1. The van der Waals surface area contributed by atoms with Crippen molar-refractivity contribution in [3.63, 3.8) is 0 Å². The number of phenolic OH excluding ortho intramolecular Hbond substituents is 1. The molecule has 28 heavy (non-hydrogen) atoms. The van der Waals surface area contributed by atoms with Gasteiger partial charge in [0.15, 0.2) is 0 Å². The Bertz CT molecular complexity index is 709. The quantitative estimate of drug-likeness (QED) is 0.535. The summed E-state index contributed by atoms with van der Waals surface area (Å²) in [6.45, 7) is 12.3. The second-order valence-electron chi connectivity index (χ2n) is 9.25. The number of benzene rings is 1. The summed E-state index contributed by atoms with van der Waals surface area (Å²) in [5.41, 5.74) is 3.96. The molecule has 0 saturated heterocycles. The summed E-state index contributed by atoms with van der Waals surface area (Å²) in [4.78, 5) is 10.9. The maximum atomic E-state index is 10.9. The van der Waals surface area contributed by atoms with Gasteiger partial charge in [-0.2, -0.15) is 0 Å². The van der Waals surface area contributed by atoms with Crippen LogP contribution < -0.4 is 4.74 Å². The van der Waals surface area contributed by atoms with Crippen molar-refractivity contribution in [3.8, 4) is 11.5 Å². The van der Waals surface area contributed by atoms with Crippen LogP contribution >= 0.6 is 0 Å². The lowest BCUT2D eigenvalue weighted by Gasteiger charge is -2.38. The van der Waals surface area contributed by atoms with E-state index in [1.54, 1.807) is 6.92 Å². The standard InChI is InChI=1S/C24H38O4/c1-15(9-7-11-16(2)23(26)27)10-8-13-24(6)14-12-20-19(5)21(25)17(3)18(4)22(20)28-24/h15-16,25H,7-14H2,1-6H3,(H,26,27). The van der Waals surface area contributed by atoms with Gasteiger partial charge in [-0.15, -0.1) is 0 Å². The molecule has 0 amide bonds. The molecule has 0 radical (unpaired) electrons. The first-order valence-corrected chi connectivity index (χ1v) is 10.8. The van der Waals surface area contributed by atoms with Crippen LogP contribution in [0.5, 0.6) is 11.5 Å². The number of hydrogen-bond acceptors (Lipinski definition) is 3. The first-order chi connectivity index (χ1) is 13.1. The third-order valence-electron chi connectivity index (χ3n) is 6.75. The number of carboxylic acid groups (broad SMARTS) is 1. The van der Waals surface area contributed by atoms with Crippen molar-refractivity contribution in [3.05, 3.63) is 22.3 Å². The first kappa shape index (κ1) is 22.6. The van der Waals surface area contributed by atoms with Crippen molar-refractivity contribution in [1.29, 1.82) is 0 Å². The zero-order chi connectivity index (χ0) is 21.1. The van der Waals surface area contributed by atoms with E-state index >= 15 is 0 Å². The molecule has 3 atom stereocenters. The van der Waals surface area contributed by atoms with Crippen LogP contribution in [0.25, 0.3) is 0 Å². The Balaban J connectivity index is 1.87. The van der Waals surface area contributed by atoms with E-state index in [9.17, 15) is 9.90 Å². The lowest BCUT2D eigenvalue weighted by atomic mass is 9.84. The highest BCUT2D eigenvalue weighted by atomic mass is 16.5. The van der Waals surface area contributed by atoms with Gasteiger partial charge in [0.05, 0.1) is 5.92 Å². The van der Waals surface area contributed by atoms with Crippen LogP contribution in [0.15, 0.2) is 0 Å². The van der Waals surface area contributed by atoms with Crippen molar-refractivity contribution < 1.29 is 19.7 Å². The van der Waals surface area contributed by atoms with Crippen LogP contribution in [0.2, 0.25) is 0 Å². The van der Waals surface area contributed by atoms with E-state index in [1.807, 2.05) is 20.8 Å². The smallest absolute Gasteiger partial charge is 0.306 e. The Morgan fingerprint density at radius 3 is 2.36 bits per heavy atom. The molecule has 4 nitrogen and oxygen atoms in total. The zero-order valence-corrected chi connectivity index (χ0v) is 18.5. The molecule has 0 bridgehead atoms. The summed E-state index contributed by atoms with van der Waals surface area (Å²) >= 11 is 0. The maximum absolute atomic E-state index is 10.9. The molecule has 1 aliphatic heterocycles. The highest BCUT2D eigenvalue weighted by Crippen LogP contribution is 2.44. The van der Waals surface area contributed by atoms with Crippen molar-refractivity contribution in [2.24, 2.45) is 11.8 Å². The number of hydrogen-bond donors (Lipinski definition) is 2. The summed E-state index contributed by atoms with van der Waals surface area (Å²) in [7, 11) is 0. The van der Waals surface area contributed by atoms with Gasteiger partial charge in [0.25, 0.3) is 0 Å². The summed E-state index contributed by atoms with van der Waals surface area (Å²) in [5, 5.41) is 19.3. The molecule has 0 aliphatic carbocycles. The Kier molecular flexibility index (Phi) is 7.41. The molecule has 3 unspecified atom stereocenters. The lowest BCUT2D eigenvalue weighted by molar-refractivity contribution is -0.141. The topological polar surface area (TPSA) is 66.8 Å². The van der Waals surface area contributed by atoms with Gasteiger partial charge in [0, 0.05) is 5.56 Å². The molecule has 4 heteroatoms. The van der Waals surface area contributed by atoms with Crippen LogP contribution in [0.1, 0.15) is 88.0 Å². The summed E-state index contributed by atoms with van der Waals surface area (Å²) < 4.78 is 6.51. The predicted octanol–water partition coefficient (Wildman–Crippen LogP) is 6.10. The first-order valence-electron chi connectivity index (χ1n) is 10.8. The monoisotopic (exact) mass is 390 g/mol. The lowest BCUT2D eigenvalue weighted by Crippen LogP contribution is -2.37. The number of carboxylic acids is 1. The van der Waals surface area contributed by atoms with Crippen molar-refractivity contribution in [1.82, 2.24) is 0 Å². The van der Waals surface area contributed by atoms with Crippen molar-refractivity contribution >= 4 is 5.97 Å². The van der Waals surface area contributed by atoms with E-state index in [0.717, 1.165) is 73.8 Å². The minimum Gasteiger partial charge on any atom is -0.507 e. The molecule has 1 aromatic rings. The largest absolute Gasteiger partial charge is 0.507 e. The second kappa shape index (κ2) is 9.19. The van der Waals surface area contributed by atoms with Gasteiger partial charge in [0.2, 0.25) is 0 Å². The highest BCUT2D eigenvalue weighted by molar-refractivity contribution is 5.69. The van der Waals surface area contributed by atoms with E-state index in [4.69, 9.17) is 9.84 Å². The molecule has 0 aromatic heterocycles. The van der Waals surface area contributed by atoms with Gasteiger partial charge in [-0.3, -0.25) is 4.79 Å². The average molecular weight is 391 g/mol. The van der Waals surface area contributed by atoms with E-state index in [2.05, 4.69) is 13.8 Å². The summed E-state index contributed by atoms with van der Waals surface area (Å²) in [5.74, 6) is 1.08. The molecule has 1 aliphatic rings. The number of carbonyl (C=O) groups is 1. The van der Waals surface area contributed by atoms with Gasteiger partial charge < -0.3 is 14.9 Å². The Hall–Kier alpha value is -1.71. The van der Waals surface area contributed by atoms with Crippen LogP contribution in [0.4, 0.5) is 0 Å². The number of aromatic hydroxyl groups is 1. The van der Waals surface area contributed by atoms with Gasteiger partial charge in [-0.05, 0) is 82.4 Å². The fourth-order valence-corrected chi connectivity index (χ4v) is 4.34. The van der Waals surface area contributed by atoms with E-state index in [-0.39, 0.29) is 11.5 Å². The summed E-state index contributed by atoms with van der Waals surface area (Å²) in [6, 6.07) is 0. The van der Waals surface area contributed by atoms with Gasteiger partial charge in [0.1, 0.15) is 17.1 Å². The SMILES string of the molecule is Cc1c(C)c2c(c(C)c1O)CCC(C)(CCCC(C)CCCC(C)C(=O)O)O2. The number of rotatable bonds is 9. The molecule has 1 heterocycles. The Morgan fingerprint density at radius 1 is 1.07 bits per heavy atom. The van der Waals surface area contributed by atoms with Crippen LogP contribution in [0.3, 0.4) is 0 Å². The van der Waals surface area contributed by atoms with Gasteiger partial charge >= 0.3 is 5.97 Å². The minimum absolute atomic E-state index is 0.148. The highest BCUT2D eigenvalue weighted by Gasteiger charge is 2.34. The molecule has 2 rings (SSSR count). The normalized spacial score (nSPS) is 20.9. The number of ether oxygens (including phenoxy) is 1. The molecule has 0 fully saturated rings. The number of fused-ring (bicyclic) bond motifs is 1. The van der Waals surface area contributed by atoms with Crippen molar-refractivity contribution in [2.75, 3.05) is 0 Å². The van der Waals surface area contributed by atoms with Crippen LogP contribution in [-0.4, -0.2) is 21.8 Å². The maximum Gasteiger partial charge on any atom is 0.306 e. The molecular weight excluding hydrogens is 352 g/mol. The third kappa shape index (κ3) is 5.21. The third-order valence-corrected chi connectivity index (χ3v) is 6.75. The van der Waals surface area contributed by atoms with Gasteiger partial charge in [-0.1, -0.05) is 33.1 Å². The summed E-state index contributed by atoms with van der Waals surface area (Å²) in [6.07, 6.45) is 8.08. The minimum atomic E-state index is -0.690. The van der Waals surface area contributed by atoms with Crippen molar-refractivity contribution in [2.45, 2.75) is 98.5 Å². The Labute approximate surface area is 170 Å². The molecule has 158 valence electrons. The number of phenols is 1. The van der Waals surface area contributed by atoms with Crippen LogP contribution in [-0.2, 0) is 11.2 Å². The molecule has 1 aromatic carbocycles. The molecule has 0 spiro atoms. The fraction of sp³-hybridized carbons (Fsp3) is 0.708. The van der Waals surface area contributed by atoms with E-state index in [0.29, 0.717) is 11.7 Å². The second-order valence-corrected chi connectivity index (χ2v) is 9.25. The predicted molar refractivity (Wildman–Crippen MR) is 113 cm³/mol. The Morgan fingerprint density at radius 2 is 1.71 bits per heavy atom.